The van der Waals surface area contributed by atoms with Crippen LogP contribution in [0.4, 0.5) is 0 Å². The van der Waals surface area contributed by atoms with Crippen LogP contribution in [0, 0.1) is 0 Å². The highest BCUT2D eigenvalue weighted by Crippen LogP contribution is 2.17. The molecule has 0 aliphatic carbocycles. The zero-order valence-corrected chi connectivity index (χ0v) is 14.5. The lowest BCUT2D eigenvalue weighted by atomic mass is 10.1. The summed E-state index contributed by atoms with van der Waals surface area (Å²) in [6.45, 7) is 7.04. The average Bonchev–Trinajstić information content (AvgIpc) is 2.96. The quantitative estimate of drug-likeness (QED) is 0.273. The normalized spacial score (nSPS) is 20.5. The maximum absolute atomic E-state index is 4.32. The Morgan fingerprint density at radius 1 is 0.667 bits per heavy atom. The van der Waals surface area contributed by atoms with Gasteiger partial charge in [-0.1, -0.05) is 71.6 Å². The van der Waals surface area contributed by atoms with E-state index < -0.39 is 0 Å². The Labute approximate surface area is 132 Å². The molecule has 1 aliphatic rings. The molecule has 1 unspecified atom stereocenters. The van der Waals surface area contributed by atoms with Crippen LogP contribution in [0.25, 0.3) is 0 Å². The van der Waals surface area contributed by atoms with Crippen molar-refractivity contribution in [3.8, 4) is 0 Å². The average molecular weight is 294 g/mol. The molecule has 0 radical (unpaired) electrons. The van der Waals surface area contributed by atoms with Crippen LogP contribution in [0.5, 0.6) is 0 Å². The second-order valence-corrected chi connectivity index (χ2v) is 6.65. The van der Waals surface area contributed by atoms with Crippen LogP contribution in [-0.2, 0) is 0 Å². The van der Waals surface area contributed by atoms with Crippen molar-refractivity contribution in [1.29, 1.82) is 0 Å². The van der Waals surface area contributed by atoms with E-state index in [4.69, 9.17) is 0 Å². The summed E-state index contributed by atoms with van der Waals surface area (Å²) in [6.07, 6.45) is 23.1. The third-order valence-corrected chi connectivity index (χ3v) is 4.60. The van der Waals surface area contributed by atoms with Crippen molar-refractivity contribution in [2.45, 2.75) is 90.9 Å². The minimum atomic E-state index is 1.00. The van der Waals surface area contributed by atoms with Gasteiger partial charge in [-0.15, -0.1) is 0 Å². The molecule has 2 heteroatoms. The molecule has 0 saturated carbocycles. The SMILES string of the molecule is CCCCCCCCCCCC[N+]1(CCCC)C=CN=C1. The van der Waals surface area contributed by atoms with Gasteiger partial charge in [-0.2, -0.15) is 0 Å². The van der Waals surface area contributed by atoms with Crippen molar-refractivity contribution >= 4 is 6.34 Å². The van der Waals surface area contributed by atoms with Crippen LogP contribution in [-0.4, -0.2) is 23.9 Å². The molecule has 1 atom stereocenters. The summed E-state index contributed by atoms with van der Waals surface area (Å²) in [5.41, 5.74) is 0. The smallest absolute Gasteiger partial charge is 0.194 e. The fraction of sp³-hybridized carbons (Fsp3) is 0.842. The van der Waals surface area contributed by atoms with Crippen molar-refractivity contribution in [2.24, 2.45) is 4.99 Å². The predicted octanol–water partition coefficient (Wildman–Crippen LogP) is 6.04. The number of nitrogens with zero attached hydrogens (tertiary/aromatic N) is 2. The van der Waals surface area contributed by atoms with Gasteiger partial charge in [0.1, 0.15) is 6.20 Å². The van der Waals surface area contributed by atoms with Crippen molar-refractivity contribution in [1.82, 2.24) is 0 Å². The summed E-state index contributed by atoms with van der Waals surface area (Å²) in [5.74, 6) is 0. The number of rotatable bonds is 14. The lowest BCUT2D eigenvalue weighted by molar-refractivity contribution is -0.780. The number of aliphatic imine (C=N–C) groups is 1. The van der Waals surface area contributed by atoms with Gasteiger partial charge in [0.05, 0.1) is 19.3 Å². The van der Waals surface area contributed by atoms with Gasteiger partial charge in [-0.05, 0) is 19.3 Å². The zero-order chi connectivity index (χ0) is 15.2. The lowest BCUT2D eigenvalue weighted by Gasteiger charge is -2.27. The highest BCUT2D eigenvalue weighted by molar-refractivity contribution is 5.50. The summed E-state index contributed by atoms with van der Waals surface area (Å²) < 4.78 is 1.00. The summed E-state index contributed by atoms with van der Waals surface area (Å²) in [7, 11) is 0. The van der Waals surface area contributed by atoms with E-state index >= 15 is 0 Å². The van der Waals surface area contributed by atoms with E-state index in [2.05, 4.69) is 31.4 Å². The van der Waals surface area contributed by atoms with E-state index in [-0.39, 0.29) is 0 Å². The topological polar surface area (TPSA) is 12.4 Å². The fourth-order valence-electron chi connectivity index (χ4n) is 3.10. The van der Waals surface area contributed by atoms with E-state index in [1.807, 2.05) is 6.20 Å². The second-order valence-electron chi connectivity index (χ2n) is 6.65. The second kappa shape index (κ2) is 12.0. The summed E-state index contributed by atoms with van der Waals surface area (Å²) >= 11 is 0. The van der Waals surface area contributed by atoms with Crippen molar-refractivity contribution in [2.75, 3.05) is 13.1 Å². The van der Waals surface area contributed by atoms with Gasteiger partial charge >= 0.3 is 0 Å². The molecule has 1 aliphatic heterocycles. The first kappa shape index (κ1) is 18.4. The molecule has 0 aromatic heterocycles. The van der Waals surface area contributed by atoms with Gasteiger partial charge < -0.3 is 0 Å². The predicted molar refractivity (Wildman–Crippen MR) is 94.4 cm³/mol. The lowest BCUT2D eigenvalue weighted by Crippen LogP contribution is -2.41. The van der Waals surface area contributed by atoms with Crippen LogP contribution in [0.15, 0.2) is 17.4 Å². The summed E-state index contributed by atoms with van der Waals surface area (Å²) in [6, 6.07) is 0. The zero-order valence-electron chi connectivity index (χ0n) is 14.5. The number of quaternary nitrogens is 1. The molecule has 122 valence electrons. The monoisotopic (exact) mass is 293 g/mol. The van der Waals surface area contributed by atoms with Crippen molar-refractivity contribution in [3.63, 3.8) is 0 Å². The largest absolute Gasteiger partial charge is 0.254 e. The number of hydrogen-bond donors (Lipinski definition) is 0. The van der Waals surface area contributed by atoms with Crippen LogP contribution in [0.2, 0.25) is 0 Å². The number of hydrogen-bond acceptors (Lipinski definition) is 1. The van der Waals surface area contributed by atoms with E-state index in [1.54, 1.807) is 0 Å². The molecule has 2 nitrogen and oxygen atoms in total. The molecule has 0 N–H and O–H groups in total. The highest BCUT2D eigenvalue weighted by atomic mass is 15.4. The maximum Gasteiger partial charge on any atom is 0.194 e. The molecule has 1 heterocycles. The Balaban J connectivity index is 1.97. The van der Waals surface area contributed by atoms with Gasteiger partial charge in [0.15, 0.2) is 6.34 Å². The summed E-state index contributed by atoms with van der Waals surface area (Å²) in [5, 5.41) is 0. The van der Waals surface area contributed by atoms with Gasteiger partial charge in [-0.25, -0.2) is 4.99 Å². The first-order valence-electron chi connectivity index (χ1n) is 9.41. The summed E-state index contributed by atoms with van der Waals surface area (Å²) in [4.78, 5) is 4.32. The molecule has 0 fully saturated rings. The first-order valence-corrected chi connectivity index (χ1v) is 9.41. The Morgan fingerprint density at radius 2 is 1.19 bits per heavy atom. The molecule has 0 aromatic carbocycles. The molecule has 0 saturated heterocycles. The van der Waals surface area contributed by atoms with Crippen LogP contribution < -0.4 is 0 Å². The van der Waals surface area contributed by atoms with Crippen LogP contribution in [0.1, 0.15) is 90.9 Å². The highest BCUT2D eigenvalue weighted by Gasteiger charge is 2.24. The van der Waals surface area contributed by atoms with Gasteiger partial charge in [0.2, 0.25) is 0 Å². The van der Waals surface area contributed by atoms with Gasteiger partial charge in [0, 0.05) is 0 Å². The Hall–Kier alpha value is -0.630. The Kier molecular flexibility index (Phi) is 10.5. The molecular weight excluding hydrogens is 256 g/mol. The Bertz CT molecular complexity index is 282. The standard InChI is InChI=1S/C19H37N2/c1-3-5-7-8-9-10-11-12-13-14-17-21(16-6-4-2)18-15-20-19-21/h15,18-19H,3-14,16-17H2,1-2H3/q+1. The van der Waals surface area contributed by atoms with Crippen molar-refractivity contribution < 1.29 is 4.48 Å². The molecule has 0 amide bonds. The number of unbranched alkanes of at least 4 members (excludes halogenated alkanes) is 10. The van der Waals surface area contributed by atoms with Gasteiger partial charge in [0.25, 0.3) is 0 Å². The van der Waals surface area contributed by atoms with Crippen molar-refractivity contribution in [3.05, 3.63) is 12.4 Å². The molecule has 21 heavy (non-hydrogen) atoms. The van der Waals surface area contributed by atoms with E-state index in [0.29, 0.717) is 0 Å². The van der Waals surface area contributed by atoms with E-state index in [0.717, 1.165) is 4.48 Å². The minimum absolute atomic E-state index is 1.00. The van der Waals surface area contributed by atoms with Crippen LogP contribution >= 0.6 is 0 Å². The van der Waals surface area contributed by atoms with Gasteiger partial charge in [-0.3, -0.25) is 4.48 Å². The molecule has 1 rings (SSSR count). The first-order chi connectivity index (χ1) is 10.3. The van der Waals surface area contributed by atoms with Crippen LogP contribution in [0.3, 0.4) is 0 Å². The molecule has 0 aromatic rings. The Morgan fingerprint density at radius 3 is 1.71 bits per heavy atom. The fourth-order valence-corrected chi connectivity index (χ4v) is 3.10. The van der Waals surface area contributed by atoms with E-state index in [9.17, 15) is 0 Å². The van der Waals surface area contributed by atoms with E-state index in [1.165, 1.54) is 90.1 Å². The maximum atomic E-state index is 4.32. The molecular formula is C19H37N2+. The minimum Gasteiger partial charge on any atom is -0.254 e. The third-order valence-electron chi connectivity index (χ3n) is 4.60. The molecule has 0 bridgehead atoms. The molecule has 0 spiro atoms. The third kappa shape index (κ3) is 8.40.